The number of aromatic nitrogens is 2. The van der Waals surface area contributed by atoms with E-state index in [-0.39, 0.29) is 12.1 Å². The monoisotopic (exact) mass is 277 g/mol. The first-order chi connectivity index (χ1) is 9.74. The van der Waals surface area contributed by atoms with Crippen molar-refractivity contribution >= 4 is 6.03 Å². The quantitative estimate of drug-likeness (QED) is 0.857. The van der Waals surface area contributed by atoms with Crippen molar-refractivity contribution in [3.63, 3.8) is 0 Å². The van der Waals surface area contributed by atoms with Gasteiger partial charge in [0.15, 0.2) is 0 Å². The third kappa shape index (κ3) is 2.80. The normalized spacial score (nSPS) is 25.1. The highest BCUT2D eigenvalue weighted by Crippen LogP contribution is 2.22. The van der Waals surface area contributed by atoms with E-state index in [4.69, 9.17) is 0 Å². The van der Waals surface area contributed by atoms with Gasteiger partial charge in [0, 0.05) is 38.1 Å². The predicted octanol–water partition coefficient (Wildman–Crippen LogP) is 1.35. The smallest absolute Gasteiger partial charge is 0.317 e. The lowest BCUT2D eigenvalue weighted by molar-refractivity contribution is 0.105. The van der Waals surface area contributed by atoms with Gasteiger partial charge in [-0.05, 0) is 19.9 Å². The van der Waals surface area contributed by atoms with Gasteiger partial charge < -0.3 is 15.2 Å². The van der Waals surface area contributed by atoms with E-state index < -0.39 is 0 Å². The molecular formula is C14H23N5O. The van der Waals surface area contributed by atoms with E-state index in [1.807, 2.05) is 11.1 Å². The van der Waals surface area contributed by atoms with Gasteiger partial charge in [0.2, 0.25) is 0 Å². The summed E-state index contributed by atoms with van der Waals surface area (Å²) in [6.45, 7) is 2.36. The summed E-state index contributed by atoms with van der Waals surface area (Å²) >= 11 is 0. The minimum absolute atomic E-state index is 0.0848. The Morgan fingerprint density at radius 1 is 1.40 bits per heavy atom. The summed E-state index contributed by atoms with van der Waals surface area (Å²) in [5.74, 6) is 0.936. The number of aromatic amines is 1. The molecule has 1 aromatic rings. The Morgan fingerprint density at radius 2 is 2.20 bits per heavy atom. The Balaban J connectivity index is 1.61. The van der Waals surface area contributed by atoms with Crippen LogP contribution in [-0.2, 0) is 0 Å². The minimum Gasteiger partial charge on any atom is -0.347 e. The van der Waals surface area contributed by atoms with Gasteiger partial charge in [-0.3, -0.25) is 4.90 Å². The van der Waals surface area contributed by atoms with Crippen LogP contribution in [0.3, 0.4) is 0 Å². The van der Waals surface area contributed by atoms with Gasteiger partial charge in [0.1, 0.15) is 5.82 Å². The molecule has 2 N–H and O–H groups in total. The van der Waals surface area contributed by atoms with E-state index >= 15 is 0 Å². The van der Waals surface area contributed by atoms with Crippen LogP contribution < -0.4 is 5.32 Å². The molecule has 2 amide bonds. The Bertz CT molecular complexity index is 440. The van der Waals surface area contributed by atoms with E-state index in [9.17, 15) is 4.79 Å². The minimum atomic E-state index is 0.0848. The summed E-state index contributed by atoms with van der Waals surface area (Å²) in [6.07, 6.45) is 8.33. The molecule has 0 unspecified atom stereocenters. The van der Waals surface area contributed by atoms with Gasteiger partial charge in [0.05, 0.1) is 6.04 Å². The van der Waals surface area contributed by atoms with Crippen LogP contribution in [0.5, 0.6) is 0 Å². The molecule has 1 aromatic heterocycles. The van der Waals surface area contributed by atoms with Crippen LogP contribution in [0.15, 0.2) is 12.4 Å². The van der Waals surface area contributed by atoms with Gasteiger partial charge in [-0.2, -0.15) is 0 Å². The number of nitrogens with one attached hydrogen (secondary N) is 2. The third-order valence-electron chi connectivity index (χ3n) is 4.45. The zero-order valence-electron chi connectivity index (χ0n) is 12.0. The maximum atomic E-state index is 12.3. The number of H-pyrrole nitrogens is 1. The number of amides is 2. The molecule has 0 bridgehead atoms. The van der Waals surface area contributed by atoms with Gasteiger partial charge in [-0.1, -0.05) is 12.8 Å². The predicted molar refractivity (Wildman–Crippen MR) is 76.3 cm³/mol. The van der Waals surface area contributed by atoms with Gasteiger partial charge >= 0.3 is 6.03 Å². The van der Waals surface area contributed by atoms with Crippen molar-refractivity contribution < 1.29 is 4.79 Å². The van der Waals surface area contributed by atoms with Crippen molar-refractivity contribution in [2.75, 3.05) is 26.7 Å². The summed E-state index contributed by atoms with van der Waals surface area (Å²) in [7, 11) is 2.08. The van der Waals surface area contributed by atoms with Crippen LogP contribution in [0.2, 0.25) is 0 Å². The Kier molecular flexibility index (Phi) is 3.91. The zero-order chi connectivity index (χ0) is 13.9. The van der Waals surface area contributed by atoms with Gasteiger partial charge in [-0.25, -0.2) is 9.78 Å². The largest absolute Gasteiger partial charge is 0.347 e. The Labute approximate surface area is 119 Å². The van der Waals surface area contributed by atoms with Gasteiger partial charge in [0.25, 0.3) is 0 Å². The topological polar surface area (TPSA) is 64.3 Å². The summed E-state index contributed by atoms with van der Waals surface area (Å²) in [5.41, 5.74) is 0. The molecule has 3 rings (SSSR count). The highest BCUT2D eigenvalue weighted by atomic mass is 16.2. The van der Waals surface area contributed by atoms with Gasteiger partial charge in [-0.15, -0.1) is 0 Å². The number of likely N-dealkylation sites (N-methyl/N-ethyl adjacent to an activating group) is 1. The molecule has 20 heavy (non-hydrogen) atoms. The first-order valence-electron chi connectivity index (χ1n) is 7.49. The van der Waals surface area contributed by atoms with E-state index in [0.717, 1.165) is 31.8 Å². The summed E-state index contributed by atoms with van der Waals surface area (Å²) in [5, 5.41) is 3.17. The third-order valence-corrected chi connectivity index (χ3v) is 4.45. The fourth-order valence-electron chi connectivity index (χ4n) is 3.15. The molecule has 0 aromatic carbocycles. The fourth-order valence-corrected chi connectivity index (χ4v) is 3.15. The number of hydrogen-bond acceptors (Lipinski definition) is 3. The van der Waals surface area contributed by atoms with Crippen LogP contribution in [-0.4, -0.2) is 58.5 Å². The highest BCUT2D eigenvalue weighted by Gasteiger charge is 2.30. The fraction of sp³-hybridized carbons (Fsp3) is 0.714. The molecule has 1 saturated carbocycles. The second-order valence-corrected chi connectivity index (χ2v) is 5.85. The van der Waals surface area contributed by atoms with Crippen molar-refractivity contribution in [2.45, 2.75) is 37.8 Å². The van der Waals surface area contributed by atoms with Crippen LogP contribution in [0, 0.1) is 0 Å². The van der Waals surface area contributed by atoms with Crippen molar-refractivity contribution in [1.82, 2.24) is 25.1 Å². The summed E-state index contributed by atoms with van der Waals surface area (Å²) in [6, 6.07) is 0.624. The first-order valence-corrected chi connectivity index (χ1v) is 7.49. The van der Waals surface area contributed by atoms with Crippen molar-refractivity contribution in [2.24, 2.45) is 0 Å². The van der Waals surface area contributed by atoms with E-state index in [2.05, 4.69) is 27.2 Å². The van der Waals surface area contributed by atoms with E-state index in [1.54, 1.807) is 6.20 Å². The average molecular weight is 277 g/mol. The molecule has 0 spiro atoms. The lowest BCUT2D eigenvalue weighted by atomic mass is 10.1. The molecule has 1 atom stereocenters. The summed E-state index contributed by atoms with van der Waals surface area (Å²) < 4.78 is 0. The standard InChI is InChI=1S/C14H23N5O/c1-18-8-9-19(10-12(18)13-15-6-7-16-13)14(20)17-11-4-2-3-5-11/h6-7,11-12H,2-5,8-10H2,1H3,(H,15,16)(H,17,20)/t12-/m0/s1. The molecule has 2 aliphatic rings. The number of hydrogen-bond donors (Lipinski definition) is 2. The highest BCUT2D eigenvalue weighted by molar-refractivity contribution is 5.74. The number of carbonyl (C=O) groups excluding carboxylic acids is 1. The number of imidazole rings is 1. The summed E-state index contributed by atoms with van der Waals surface area (Å²) in [4.78, 5) is 24.0. The second-order valence-electron chi connectivity index (χ2n) is 5.85. The number of urea groups is 1. The first kappa shape index (κ1) is 13.4. The lowest BCUT2D eigenvalue weighted by Crippen LogP contribution is -2.53. The molecule has 1 aliphatic carbocycles. The Morgan fingerprint density at radius 3 is 2.90 bits per heavy atom. The molecular weight excluding hydrogens is 254 g/mol. The van der Waals surface area contributed by atoms with Crippen molar-refractivity contribution in [3.05, 3.63) is 18.2 Å². The zero-order valence-corrected chi connectivity index (χ0v) is 12.0. The number of carbonyl (C=O) groups is 1. The maximum Gasteiger partial charge on any atom is 0.317 e. The molecule has 110 valence electrons. The van der Waals surface area contributed by atoms with E-state index in [1.165, 1.54) is 12.8 Å². The number of rotatable bonds is 2. The Hall–Kier alpha value is -1.56. The average Bonchev–Trinajstić information content (AvgIpc) is 3.11. The number of piperazine rings is 1. The van der Waals surface area contributed by atoms with E-state index in [0.29, 0.717) is 12.6 Å². The molecule has 2 fully saturated rings. The lowest BCUT2D eigenvalue weighted by Gasteiger charge is -2.38. The second kappa shape index (κ2) is 5.83. The van der Waals surface area contributed by atoms with Crippen LogP contribution >= 0.6 is 0 Å². The number of nitrogens with zero attached hydrogens (tertiary/aromatic N) is 3. The molecule has 1 saturated heterocycles. The molecule has 2 heterocycles. The molecule has 6 nitrogen and oxygen atoms in total. The van der Waals surface area contributed by atoms with Crippen LogP contribution in [0.25, 0.3) is 0 Å². The molecule has 0 radical (unpaired) electrons. The van der Waals surface area contributed by atoms with Crippen molar-refractivity contribution in [1.29, 1.82) is 0 Å². The van der Waals surface area contributed by atoms with Crippen LogP contribution in [0.1, 0.15) is 37.5 Å². The molecule has 6 heteroatoms. The molecule has 1 aliphatic heterocycles. The van der Waals surface area contributed by atoms with Crippen molar-refractivity contribution in [3.8, 4) is 0 Å². The van der Waals surface area contributed by atoms with Crippen LogP contribution in [0.4, 0.5) is 4.79 Å². The maximum absolute atomic E-state index is 12.3. The SMILES string of the molecule is CN1CCN(C(=O)NC2CCCC2)C[C@H]1c1ncc[nH]1.